The molecular formula is C23H27NO5. The van der Waals surface area contributed by atoms with Crippen molar-refractivity contribution in [3.63, 3.8) is 0 Å². The van der Waals surface area contributed by atoms with Gasteiger partial charge in [0, 0.05) is 30.3 Å². The maximum absolute atomic E-state index is 12.9. The van der Waals surface area contributed by atoms with Crippen LogP contribution in [0.25, 0.3) is 6.08 Å². The van der Waals surface area contributed by atoms with Crippen molar-refractivity contribution in [2.75, 3.05) is 27.3 Å². The lowest BCUT2D eigenvalue weighted by Crippen LogP contribution is -2.36. The second kappa shape index (κ2) is 10.9. The van der Waals surface area contributed by atoms with Gasteiger partial charge in [-0.1, -0.05) is 42.5 Å². The summed E-state index contributed by atoms with van der Waals surface area (Å²) in [6.45, 7) is 4.85. The Hall–Kier alpha value is -3.28. The molecule has 0 aliphatic carbocycles. The highest BCUT2D eigenvalue weighted by molar-refractivity contribution is 5.91. The van der Waals surface area contributed by atoms with Crippen LogP contribution in [0, 0.1) is 0 Å². The van der Waals surface area contributed by atoms with Crippen molar-refractivity contribution in [1.29, 1.82) is 0 Å². The predicted octanol–water partition coefficient (Wildman–Crippen LogP) is 3.87. The van der Waals surface area contributed by atoms with Gasteiger partial charge in [-0.25, -0.2) is 4.79 Å². The van der Waals surface area contributed by atoms with Crippen LogP contribution in [0.2, 0.25) is 0 Å². The van der Waals surface area contributed by atoms with Gasteiger partial charge in [0.05, 0.1) is 14.2 Å². The lowest BCUT2D eigenvalue weighted by Gasteiger charge is -2.25. The van der Waals surface area contributed by atoms with E-state index in [1.807, 2.05) is 32.0 Å². The van der Waals surface area contributed by atoms with Gasteiger partial charge in [-0.05, 0) is 26.0 Å². The fourth-order valence-electron chi connectivity index (χ4n) is 2.95. The molecule has 6 nitrogen and oxygen atoms in total. The number of para-hydroxylation sites is 1. The first-order valence-corrected chi connectivity index (χ1v) is 9.49. The van der Waals surface area contributed by atoms with E-state index in [1.54, 1.807) is 48.4 Å². The molecule has 0 N–H and O–H groups in total. The molecule has 1 atom stereocenters. The highest BCUT2D eigenvalue weighted by Crippen LogP contribution is 2.31. The second-order valence-electron chi connectivity index (χ2n) is 6.15. The number of hydrogen-bond donors (Lipinski definition) is 0. The summed E-state index contributed by atoms with van der Waals surface area (Å²) in [6, 6.07) is 14.4. The van der Waals surface area contributed by atoms with E-state index in [4.69, 9.17) is 14.2 Å². The van der Waals surface area contributed by atoms with E-state index >= 15 is 0 Å². The lowest BCUT2D eigenvalue weighted by atomic mass is 10.1. The average molecular weight is 397 g/mol. The third-order valence-corrected chi connectivity index (χ3v) is 4.47. The molecule has 0 saturated carbocycles. The van der Waals surface area contributed by atoms with Crippen molar-refractivity contribution in [3.8, 4) is 11.5 Å². The SMILES string of the molecule is CCN(CC)C(=O)[C@@H](OC(=O)/C=C/c1cccc(OC)c1OC)c1ccccc1. The first-order chi connectivity index (χ1) is 14.0. The topological polar surface area (TPSA) is 65.1 Å². The molecule has 0 saturated heterocycles. The van der Waals surface area contributed by atoms with Crippen LogP contribution in [-0.4, -0.2) is 44.1 Å². The van der Waals surface area contributed by atoms with E-state index in [1.165, 1.54) is 13.2 Å². The van der Waals surface area contributed by atoms with Gasteiger partial charge in [0.15, 0.2) is 11.5 Å². The first kappa shape index (κ1) is 22.0. The molecule has 0 aliphatic rings. The number of esters is 1. The number of ether oxygens (including phenoxy) is 3. The van der Waals surface area contributed by atoms with Gasteiger partial charge in [-0.15, -0.1) is 0 Å². The Morgan fingerprint density at radius 3 is 2.24 bits per heavy atom. The van der Waals surface area contributed by atoms with Crippen molar-refractivity contribution >= 4 is 18.0 Å². The van der Waals surface area contributed by atoms with Crippen LogP contribution in [0.3, 0.4) is 0 Å². The molecule has 2 rings (SSSR count). The summed E-state index contributed by atoms with van der Waals surface area (Å²) < 4.78 is 16.2. The summed E-state index contributed by atoms with van der Waals surface area (Å²) >= 11 is 0. The van der Waals surface area contributed by atoms with Crippen LogP contribution in [0.15, 0.2) is 54.6 Å². The molecule has 1 amide bonds. The second-order valence-corrected chi connectivity index (χ2v) is 6.15. The largest absolute Gasteiger partial charge is 0.493 e. The van der Waals surface area contributed by atoms with E-state index in [0.29, 0.717) is 35.7 Å². The molecular weight excluding hydrogens is 370 g/mol. The van der Waals surface area contributed by atoms with Gasteiger partial charge in [0.2, 0.25) is 6.10 Å². The molecule has 6 heteroatoms. The standard InChI is InChI=1S/C23H27NO5/c1-5-24(6-2)23(26)22(17-11-8-7-9-12-17)29-20(25)16-15-18-13-10-14-19(27-3)21(18)28-4/h7-16,22H,5-6H2,1-4H3/b16-15+/t22-/m0/s1. The van der Waals surface area contributed by atoms with E-state index in [-0.39, 0.29) is 5.91 Å². The van der Waals surface area contributed by atoms with Crippen molar-refractivity contribution in [3.05, 3.63) is 65.7 Å². The summed E-state index contributed by atoms with van der Waals surface area (Å²) in [5.41, 5.74) is 1.29. The van der Waals surface area contributed by atoms with Gasteiger partial charge in [-0.3, -0.25) is 4.79 Å². The molecule has 0 aromatic heterocycles. The molecule has 0 radical (unpaired) electrons. The van der Waals surface area contributed by atoms with E-state index in [0.717, 1.165) is 0 Å². The number of nitrogens with zero attached hydrogens (tertiary/aromatic N) is 1. The Bertz CT molecular complexity index is 844. The van der Waals surface area contributed by atoms with Crippen LogP contribution >= 0.6 is 0 Å². The van der Waals surface area contributed by atoms with Crippen molar-refractivity contribution < 1.29 is 23.8 Å². The number of rotatable bonds is 9. The Kier molecular flexibility index (Phi) is 8.27. The summed E-state index contributed by atoms with van der Waals surface area (Å²) in [7, 11) is 3.07. The minimum absolute atomic E-state index is 0.248. The number of carbonyl (C=O) groups excluding carboxylic acids is 2. The molecule has 2 aromatic carbocycles. The van der Waals surface area contributed by atoms with Crippen molar-refractivity contribution in [2.24, 2.45) is 0 Å². The van der Waals surface area contributed by atoms with Gasteiger partial charge < -0.3 is 19.1 Å². The smallest absolute Gasteiger partial charge is 0.331 e. The van der Waals surface area contributed by atoms with Crippen LogP contribution in [0.5, 0.6) is 11.5 Å². The van der Waals surface area contributed by atoms with Crippen molar-refractivity contribution in [1.82, 2.24) is 4.90 Å². The number of carbonyl (C=O) groups is 2. The fourth-order valence-corrected chi connectivity index (χ4v) is 2.95. The molecule has 0 heterocycles. The number of hydrogen-bond acceptors (Lipinski definition) is 5. The first-order valence-electron chi connectivity index (χ1n) is 9.49. The number of methoxy groups -OCH3 is 2. The zero-order valence-corrected chi connectivity index (χ0v) is 17.3. The Morgan fingerprint density at radius 2 is 1.66 bits per heavy atom. The minimum Gasteiger partial charge on any atom is -0.493 e. The number of amides is 1. The van der Waals surface area contributed by atoms with E-state index in [2.05, 4.69) is 0 Å². The van der Waals surface area contributed by atoms with Gasteiger partial charge >= 0.3 is 5.97 Å². The Balaban J connectivity index is 2.24. The molecule has 2 aromatic rings. The monoisotopic (exact) mass is 397 g/mol. The maximum Gasteiger partial charge on any atom is 0.331 e. The molecule has 0 spiro atoms. The molecule has 0 fully saturated rings. The Morgan fingerprint density at radius 1 is 0.966 bits per heavy atom. The number of likely N-dealkylation sites (N-methyl/N-ethyl adjacent to an activating group) is 1. The van der Waals surface area contributed by atoms with Gasteiger partial charge in [-0.2, -0.15) is 0 Å². The third-order valence-electron chi connectivity index (χ3n) is 4.47. The maximum atomic E-state index is 12.9. The third kappa shape index (κ3) is 5.60. The average Bonchev–Trinajstić information content (AvgIpc) is 2.76. The van der Waals surface area contributed by atoms with Crippen LogP contribution in [-0.2, 0) is 14.3 Å². The van der Waals surface area contributed by atoms with Crippen LogP contribution in [0.4, 0.5) is 0 Å². The number of benzene rings is 2. The van der Waals surface area contributed by atoms with E-state index < -0.39 is 12.1 Å². The summed E-state index contributed by atoms with van der Waals surface area (Å²) in [5.74, 6) is 0.200. The normalized spacial score (nSPS) is 11.7. The van der Waals surface area contributed by atoms with Gasteiger partial charge in [0.25, 0.3) is 5.91 Å². The zero-order chi connectivity index (χ0) is 21.2. The molecule has 29 heavy (non-hydrogen) atoms. The highest BCUT2D eigenvalue weighted by atomic mass is 16.5. The van der Waals surface area contributed by atoms with Crippen molar-refractivity contribution in [2.45, 2.75) is 20.0 Å². The molecule has 0 unspecified atom stereocenters. The van der Waals surface area contributed by atoms with Crippen LogP contribution in [0.1, 0.15) is 31.1 Å². The quantitative estimate of drug-likeness (QED) is 0.475. The van der Waals surface area contributed by atoms with Crippen LogP contribution < -0.4 is 9.47 Å². The zero-order valence-electron chi connectivity index (χ0n) is 17.3. The molecule has 154 valence electrons. The molecule has 0 aliphatic heterocycles. The summed E-state index contributed by atoms with van der Waals surface area (Å²) in [5, 5.41) is 0. The van der Waals surface area contributed by atoms with Gasteiger partial charge in [0.1, 0.15) is 0 Å². The summed E-state index contributed by atoms with van der Waals surface area (Å²) in [4.78, 5) is 27.0. The lowest BCUT2D eigenvalue weighted by molar-refractivity contribution is -0.157. The molecule has 0 bridgehead atoms. The minimum atomic E-state index is -1.000. The Labute approximate surface area is 171 Å². The fraction of sp³-hybridized carbons (Fsp3) is 0.304. The summed E-state index contributed by atoms with van der Waals surface area (Å²) in [6.07, 6.45) is 1.86. The van der Waals surface area contributed by atoms with E-state index in [9.17, 15) is 9.59 Å². The predicted molar refractivity (Wildman–Crippen MR) is 112 cm³/mol. The highest BCUT2D eigenvalue weighted by Gasteiger charge is 2.27.